The molecular weight excluding hydrogens is 394 g/mol. The summed E-state index contributed by atoms with van der Waals surface area (Å²) in [6.45, 7) is 10.8. The molecule has 0 saturated carbocycles. The second-order valence-corrected chi connectivity index (χ2v) is 9.31. The van der Waals surface area contributed by atoms with Gasteiger partial charge in [-0.3, -0.25) is 0 Å². The van der Waals surface area contributed by atoms with E-state index >= 15 is 0 Å². The standard InChI is InChI=1S/C24H37N3S2/c1-18(2)9-6-10-19(3)11-7-12-20(4)14-16-29-17-22(23(25)28)27-24-21(5)13-8-15-26-24/h8-9,11,13-15,22H,6-7,10,12,16-17H2,1-5H3,(H2,25,28)(H,26,27). The van der Waals surface area contributed by atoms with Gasteiger partial charge >= 0.3 is 0 Å². The first-order valence-corrected chi connectivity index (χ1v) is 11.9. The van der Waals surface area contributed by atoms with E-state index in [1.807, 2.05) is 30.8 Å². The monoisotopic (exact) mass is 431 g/mol. The van der Waals surface area contributed by atoms with Crippen LogP contribution in [0, 0.1) is 6.92 Å². The summed E-state index contributed by atoms with van der Waals surface area (Å²) in [6.07, 6.45) is 13.3. The van der Waals surface area contributed by atoms with Crippen LogP contribution in [0.25, 0.3) is 0 Å². The minimum Gasteiger partial charge on any atom is -0.392 e. The lowest BCUT2D eigenvalue weighted by Gasteiger charge is -2.18. The lowest BCUT2D eigenvalue weighted by atomic mass is 10.1. The van der Waals surface area contributed by atoms with Crippen LogP contribution in [0.3, 0.4) is 0 Å². The first-order valence-electron chi connectivity index (χ1n) is 10.3. The molecule has 3 N–H and O–H groups in total. The van der Waals surface area contributed by atoms with Gasteiger partial charge in [0.05, 0.1) is 11.0 Å². The topological polar surface area (TPSA) is 50.9 Å². The zero-order valence-corrected chi connectivity index (χ0v) is 20.3. The minimum atomic E-state index is -0.0521. The van der Waals surface area contributed by atoms with Crippen LogP contribution < -0.4 is 11.1 Å². The average molecular weight is 432 g/mol. The maximum Gasteiger partial charge on any atom is 0.129 e. The molecule has 0 spiro atoms. The van der Waals surface area contributed by atoms with Gasteiger partial charge in [-0.2, -0.15) is 11.8 Å². The van der Waals surface area contributed by atoms with Gasteiger partial charge in [0.15, 0.2) is 0 Å². The van der Waals surface area contributed by atoms with Crippen LogP contribution in [0.15, 0.2) is 53.3 Å². The number of aryl methyl sites for hydroxylation is 1. The molecule has 0 aliphatic carbocycles. The molecule has 0 aromatic carbocycles. The van der Waals surface area contributed by atoms with Gasteiger partial charge < -0.3 is 11.1 Å². The normalized spacial score (nSPS) is 13.1. The molecule has 0 saturated heterocycles. The third-order valence-electron chi connectivity index (χ3n) is 4.62. The maximum absolute atomic E-state index is 5.92. The predicted octanol–water partition coefficient (Wildman–Crippen LogP) is 6.61. The van der Waals surface area contributed by atoms with E-state index in [2.05, 4.69) is 56.2 Å². The molecule has 160 valence electrons. The van der Waals surface area contributed by atoms with E-state index in [1.165, 1.54) is 16.7 Å². The molecule has 1 rings (SSSR count). The number of allylic oxidation sites excluding steroid dienone is 5. The molecule has 0 aliphatic heterocycles. The van der Waals surface area contributed by atoms with E-state index in [9.17, 15) is 0 Å². The van der Waals surface area contributed by atoms with Gasteiger partial charge in [0.1, 0.15) is 5.82 Å². The summed E-state index contributed by atoms with van der Waals surface area (Å²) in [5.74, 6) is 2.65. The lowest BCUT2D eigenvalue weighted by molar-refractivity contribution is 0.917. The Morgan fingerprint density at radius 1 is 1.14 bits per heavy atom. The van der Waals surface area contributed by atoms with Gasteiger partial charge in [0, 0.05) is 17.7 Å². The predicted molar refractivity (Wildman–Crippen MR) is 136 cm³/mol. The van der Waals surface area contributed by atoms with Crippen LogP contribution in [-0.4, -0.2) is 27.5 Å². The molecular formula is C24H37N3S2. The van der Waals surface area contributed by atoms with Crippen molar-refractivity contribution in [3.8, 4) is 0 Å². The van der Waals surface area contributed by atoms with Crippen molar-refractivity contribution in [1.29, 1.82) is 0 Å². The molecule has 0 amide bonds. The number of aromatic nitrogens is 1. The van der Waals surface area contributed by atoms with Crippen molar-refractivity contribution in [2.24, 2.45) is 5.73 Å². The lowest BCUT2D eigenvalue weighted by Crippen LogP contribution is -2.36. The number of thioether (sulfide) groups is 1. The van der Waals surface area contributed by atoms with Gasteiger partial charge in [-0.1, -0.05) is 53.2 Å². The van der Waals surface area contributed by atoms with E-state index in [1.54, 1.807) is 6.20 Å². The van der Waals surface area contributed by atoms with Crippen LogP contribution in [0.5, 0.6) is 0 Å². The Labute approximate surface area is 187 Å². The van der Waals surface area contributed by atoms with Crippen molar-refractivity contribution >= 4 is 34.8 Å². The van der Waals surface area contributed by atoms with E-state index in [0.29, 0.717) is 4.99 Å². The van der Waals surface area contributed by atoms with Gasteiger partial charge in [-0.05, 0) is 71.9 Å². The van der Waals surface area contributed by atoms with Gasteiger partial charge in [-0.15, -0.1) is 0 Å². The highest BCUT2D eigenvalue weighted by Gasteiger charge is 2.13. The Kier molecular flexibility index (Phi) is 12.6. The van der Waals surface area contributed by atoms with Crippen LogP contribution >= 0.6 is 24.0 Å². The third-order valence-corrected chi connectivity index (χ3v) is 5.88. The van der Waals surface area contributed by atoms with Gasteiger partial charge in [0.25, 0.3) is 0 Å². The number of anilines is 1. The molecule has 1 atom stereocenters. The fourth-order valence-corrected chi connectivity index (χ4v) is 4.01. The minimum absolute atomic E-state index is 0.0521. The largest absolute Gasteiger partial charge is 0.392 e. The molecule has 0 radical (unpaired) electrons. The Balaban J connectivity index is 2.36. The van der Waals surface area contributed by atoms with E-state index in [-0.39, 0.29) is 6.04 Å². The zero-order valence-electron chi connectivity index (χ0n) is 18.6. The average Bonchev–Trinajstić information content (AvgIpc) is 2.65. The number of nitrogens with two attached hydrogens (primary N) is 1. The van der Waals surface area contributed by atoms with Gasteiger partial charge in [0.2, 0.25) is 0 Å². The Morgan fingerprint density at radius 3 is 2.41 bits per heavy atom. The second-order valence-electron chi connectivity index (χ2n) is 7.77. The van der Waals surface area contributed by atoms with Crippen molar-refractivity contribution in [3.05, 3.63) is 58.8 Å². The second kappa shape index (κ2) is 14.4. The summed E-state index contributed by atoms with van der Waals surface area (Å²) < 4.78 is 0. The van der Waals surface area contributed by atoms with Crippen LogP contribution in [0.1, 0.15) is 58.9 Å². The Bertz CT molecular complexity index is 731. The summed E-state index contributed by atoms with van der Waals surface area (Å²) in [4.78, 5) is 4.86. The zero-order chi connectivity index (χ0) is 21.6. The highest BCUT2D eigenvalue weighted by Crippen LogP contribution is 2.15. The fraction of sp³-hybridized carbons (Fsp3) is 0.500. The van der Waals surface area contributed by atoms with Crippen molar-refractivity contribution in [3.63, 3.8) is 0 Å². The quantitative estimate of drug-likeness (QED) is 0.209. The number of rotatable bonds is 13. The highest BCUT2D eigenvalue weighted by atomic mass is 32.2. The summed E-state index contributed by atoms with van der Waals surface area (Å²) >= 11 is 7.08. The number of thiocarbonyl (C=S) groups is 1. The number of nitrogens with zero attached hydrogens (tertiary/aromatic N) is 1. The first kappa shape index (κ1) is 25.4. The van der Waals surface area contributed by atoms with Crippen molar-refractivity contribution in [2.45, 2.75) is 66.3 Å². The van der Waals surface area contributed by atoms with E-state index < -0.39 is 0 Å². The third kappa shape index (κ3) is 11.9. The summed E-state index contributed by atoms with van der Waals surface area (Å²) in [6, 6.07) is 3.91. The van der Waals surface area contributed by atoms with Crippen LogP contribution in [-0.2, 0) is 0 Å². The fourth-order valence-electron chi connectivity index (χ4n) is 2.72. The molecule has 1 unspecified atom stereocenters. The molecule has 0 aliphatic rings. The van der Waals surface area contributed by atoms with Crippen molar-refractivity contribution in [1.82, 2.24) is 4.98 Å². The number of pyridine rings is 1. The summed E-state index contributed by atoms with van der Waals surface area (Å²) in [5, 5.41) is 3.37. The number of hydrogen-bond acceptors (Lipinski definition) is 4. The first-order chi connectivity index (χ1) is 13.8. The number of hydrogen-bond donors (Lipinski definition) is 2. The van der Waals surface area contributed by atoms with Crippen molar-refractivity contribution in [2.75, 3.05) is 16.8 Å². The summed E-state index contributed by atoms with van der Waals surface area (Å²) in [7, 11) is 0. The van der Waals surface area contributed by atoms with Crippen LogP contribution in [0.4, 0.5) is 5.82 Å². The van der Waals surface area contributed by atoms with Crippen molar-refractivity contribution < 1.29 is 0 Å². The molecule has 1 heterocycles. The molecule has 3 nitrogen and oxygen atoms in total. The molecule has 0 bridgehead atoms. The van der Waals surface area contributed by atoms with E-state index in [4.69, 9.17) is 18.0 Å². The molecule has 1 aromatic heterocycles. The number of nitrogens with one attached hydrogen (secondary N) is 1. The SMILES string of the molecule is CC(C)=CCCC(C)=CCCC(C)=CCSCC(Nc1ncccc1C)C(N)=S. The van der Waals surface area contributed by atoms with Gasteiger partial charge in [-0.25, -0.2) is 4.98 Å². The molecule has 0 fully saturated rings. The molecule has 29 heavy (non-hydrogen) atoms. The summed E-state index contributed by atoms with van der Waals surface area (Å²) in [5.41, 5.74) is 11.3. The highest BCUT2D eigenvalue weighted by molar-refractivity contribution is 7.99. The van der Waals surface area contributed by atoms with Crippen LogP contribution in [0.2, 0.25) is 0 Å². The molecule has 1 aromatic rings. The maximum atomic E-state index is 5.92. The molecule has 5 heteroatoms. The van der Waals surface area contributed by atoms with E-state index in [0.717, 1.165) is 48.6 Å². The Morgan fingerprint density at radius 2 is 1.79 bits per heavy atom. The smallest absolute Gasteiger partial charge is 0.129 e. The Hall–Kier alpha value is -1.59.